The van der Waals surface area contributed by atoms with E-state index < -0.39 is 12.1 Å². The van der Waals surface area contributed by atoms with E-state index in [1.54, 1.807) is 0 Å². The van der Waals surface area contributed by atoms with Crippen LogP contribution in [0.4, 0.5) is 0 Å². The fourth-order valence-corrected chi connectivity index (χ4v) is 8.52. The molecule has 0 aromatic carbocycles. The zero-order valence-electron chi connectivity index (χ0n) is 47.6. The Morgan fingerprint density at radius 1 is 0.342 bits per heavy atom. The first-order valence-electron chi connectivity index (χ1n) is 30.5. The molecule has 0 saturated heterocycles. The van der Waals surface area contributed by atoms with Gasteiger partial charge in [0.25, 0.3) is 0 Å². The summed E-state index contributed by atoms with van der Waals surface area (Å²) in [5, 5.41) is 23.3. The molecule has 3 N–H and O–H groups in total. The molecule has 0 aliphatic carbocycles. The Balaban J connectivity index is 3.67. The SMILES string of the molecule is CC/C=C\C/C=C\C/C=C\C/C=C\C/C=C\C/C=C\C/C=C\C/C=C\C/C=C\C/C=C\C/C=C\C/C=C\CCCCC(=O)NC(CO)C(O)CCCCCCCCCCCCCCCCCCCCCCCC. The fourth-order valence-electron chi connectivity index (χ4n) is 8.52. The number of unbranched alkanes of at least 4 members (excludes halogenated alkanes) is 23. The number of allylic oxidation sites excluding steroid dienone is 24. The standard InChI is InChI=1S/C69H115NO3/c1-3-5-7-9-11-13-15-17-19-21-23-25-27-28-29-30-31-32-33-34-35-36-37-38-39-40-41-42-43-45-47-49-51-53-55-57-59-61-63-65-69(73)70-67(66-71)68(72)64-62-60-58-56-54-52-50-48-46-44-26-24-22-20-18-16-14-12-10-8-6-4-2/h5,7,11,13,17,19,23,25,28-29,31-32,34-35,37-38,40-41,43,45,49,51,55,57,67-68,71-72H,3-4,6,8-10,12,14-16,18,20-22,24,26-27,30,33,36,39,42,44,46-48,50,52-54,56,58-66H2,1-2H3,(H,70,73)/b7-5-,13-11-,19-17-,25-23-,29-28-,32-31-,35-34-,38-37-,41-40-,45-43-,51-49-,57-55-. The highest BCUT2D eigenvalue weighted by Crippen LogP contribution is 2.16. The number of amides is 1. The summed E-state index contributed by atoms with van der Waals surface area (Å²) in [5.41, 5.74) is 0. The molecule has 2 unspecified atom stereocenters. The lowest BCUT2D eigenvalue weighted by molar-refractivity contribution is -0.123. The number of hydrogen-bond donors (Lipinski definition) is 3. The molecule has 0 spiro atoms. The first-order chi connectivity index (χ1) is 36.2. The van der Waals surface area contributed by atoms with Crippen molar-refractivity contribution in [2.45, 2.75) is 276 Å². The van der Waals surface area contributed by atoms with Crippen LogP contribution in [0.3, 0.4) is 0 Å². The second-order valence-corrected chi connectivity index (χ2v) is 20.0. The number of rotatable bonds is 54. The minimum absolute atomic E-state index is 0.0770. The Morgan fingerprint density at radius 2 is 0.603 bits per heavy atom. The van der Waals surface area contributed by atoms with Gasteiger partial charge in [0, 0.05) is 6.42 Å². The monoisotopic (exact) mass is 1010 g/mol. The Bertz CT molecular complexity index is 1510. The van der Waals surface area contributed by atoms with Gasteiger partial charge in [0.2, 0.25) is 5.91 Å². The average molecular weight is 1010 g/mol. The molecular weight excluding hydrogens is 891 g/mol. The van der Waals surface area contributed by atoms with E-state index in [4.69, 9.17) is 0 Å². The zero-order valence-corrected chi connectivity index (χ0v) is 47.6. The summed E-state index contributed by atoms with van der Waals surface area (Å²) >= 11 is 0. The maximum absolute atomic E-state index is 12.5. The van der Waals surface area contributed by atoms with E-state index in [0.29, 0.717) is 12.8 Å². The van der Waals surface area contributed by atoms with Crippen molar-refractivity contribution in [3.63, 3.8) is 0 Å². The van der Waals surface area contributed by atoms with Gasteiger partial charge in [0.15, 0.2) is 0 Å². The van der Waals surface area contributed by atoms with Crippen molar-refractivity contribution in [3.8, 4) is 0 Å². The van der Waals surface area contributed by atoms with E-state index in [1.807, 2.05) is 0 Å². The third-order valence-electron chi connectivity index (χ3n) is 13.1. The number of hydrogen-bond acceptors (Lipinski definition) is 3. The van der Waals surface area contributed by atoms with Crippen LogP contribution in [-0.2, 0) is 4.79 Å². The van der Waals surface area contributed by atoms with Crippen molar-refractivity contribution >= 4 is 5.91 Å². The Hall–Kier alpha value is -3.73. The molecule has 0 aliphatic rings. The molecule has 73 heavy (non-hydrogen) atoms. The first-order valence-corrected chi connectivity index (χ1v) is 30.5. The quantitative estimate of drug-likeness (QED) is 0.0420. The van der Waals surface area contributed by atoms with E-state index in [0.717, 1.165) is 109 Å². The van der Waals surface area contributed by atoms with E-state index in [1.165, 1.54) is 128 Å². The van der Waals surface area contributed by atoms with Gasteiger partial charge in [-0.15, -0.1) is 0 Å². The summed E-state index contributed by atoms with van der Waals surface area (Å²) in [7, 11) is 0. The summed E-state index contributed by atoms with van der Waals surface area (Å²) < 4.78 is 0. The molecule has 0 aromatic heterocycles. The largest absolute Gasteiger partial charge is 0.394 e. The number of carbonyl (C=O) groups excluding carboxylic acids is 1. The normalized spacial score (nSPS) is 13.9. The highest BCUT2D eigenvalue weighted by Gasteiger charge is 2.20. The second-order valence-electron chi connectivity index (χ2n) is 20.0. The summed E-state index contributed by atoms with van der Waals surface area (Å²) in [4.78, 5) is 12.5. The Kier molecular flexibility index (Phi) is 59.4. The summed E-state index contributed by atoms with van der Waals surface area (Å²) in [6.07, 6.45) is 98.4. The topological polar surface area (TPSA) is 69.6 Å². The number of carbonyl (C=O) groups is 1. The van der Waals surface area contributed by atoms with Crippen LogP contribution < -0.4 is 5.32 Å². The van der Waals surface area contributed by atoms with Gasteiger partial charge in [0.05, 0.1) is 18.8 Å². The fraction of sp³-hybridized carbons (Fsp3) is 0.638. The summed E-state index contributed by atoms with van der Waals surface area (Å²) in [6.45, 7) is 4.23. The second kappa shape index (κ2) is 62.6. The van der Waals surface area contributed by atoms with Crippen molar-refractivity contribution in [2.24, 2.45) is 0 Å². The molecule has 4 heteroatoms. The lowest BCUT2D eigenvalue weighted by atomic mass is 10.0. The van der Waals surface area contributed by atoms with Crippen molar-refractivity contribution in [1.29, 1.82) is 0 Å². The van der Waals surface area contributed by atoms with Gasteiger partial charge in [-0.25, -0.2) is 0 Å². The van der Waals surface area contributed by atoms with Crippen molar-refractivity contribution in [3.05, 3.63) is 146 Å². The third-order valence-corrected chi connectivity index (χ3v) is 13.1. The number of nitrogens with one attached hydrogen (secondary N) is 1. The highest BCUT2D eigenvalue weighted by atomic mass is 16.3. The van der Waals surface area contributed by atoms with Gasteiger partial charge < -0.3 is 15.5 Å². The minimum Gasteiger partial charge on any atom is -0.394 e. The molecule has 0 saturated carbocycles. The van der Waals surface area contributed by atoms with Crippen LogP contribution in [0.25, 0.3) is 0 Å². The molecule has 1 amide bonds. The molecule has 0 heterocycles. The van der Waals surface area contributed by atoms with E-state index >= 15 is 0 Å². The number of aliphatic hydroxyl groups is 2. The van der Waals surface area contributed by atoms with Gasteiger partial charge in [-0.1, -0.05) is 301 Å². The van der Waals surface area contributed by atoms with E-state index in [9.17, 15) is 15.0 Å². The van der Waals surface area contributed by atoms with Gasteiger partial charge in [-0.2, -0.15) is 0 Å². The van der Waals surface area contributed by atoms with Gasteiger partial charge in [0.1, 0.15) is 0 Å². The smallest absolute Gasteiger partial charge is 0.220 e. The first kappa shape index (κ1) is 69.3. The van der Waals surface area contributed by atoms with Crippen LogP contribution >= 0.6 is 0 Å². The van der Waals surface area contributed by atoms with E-state index in [-0.39, 0.29) is 12.5 Å². The van der Waals surface area contributed by atoms with Crippen LogP contribution in [0.1, 0.15) is 264 Å². The van der Waals surface area contributed by atoms with Crippen molar-refractivity contribution in [1.82, 2.24) is 5.32 Å². The molecule has 0 aliphatic heterocycles. The zero-order chi connectivity index (χ0) is 52.7. The van der Waals surface area contributed by atoms with Crippen LogP contribution in [0, 0.1) is 0 Å². The predicted octanol–water partition coefficient (Wildman–Crippen LogP) is 20.8. The maximum Gasteiger partial charge on any atom is 0.220 e. The molecule has 4 nitrogen and oxygen atoms in total. The average Bonchev–Trinajstić information content (AvgIpc) is 3.40. The molecule has 0 aromatic rings. The van der Waals surface area contributed by atoms with Crippen molar-refractivity contribution in [2.75, 3.05) is 6.61 Å². The summed E-state index contributed by atoms with van der Waals surface area (Å²) in [5.74, 6) is -0.0770. The molecule has 414 valence electrons. The predicted molar refractivity (Wildman–Crippen MR) is 326 cm³/mol. The van der Waals surface area contributed by atoms with Crippen LogP contribution in [-0.4, -0.2) is 34.9 Å². The minimum atomic E-state index is -0.690. The van der Waals surface area contributed by atoms with Gasteiger partial charge >= 0.3 is 0 Å². The van der Waals surface area contributed by atoms with Gasteiger partial charge in [-0.05, 0) is 103 Å². The molecule has 0 rings (SSSR count). The molecule has 0 bridgehead atoms. The van der Waals surface area contributed by atoms with Gasteiger partial charge in [-0.3, -0.25) is 4.79 Å². The van der Waals surface area contributed by atoms with E-state index in [2.05, 4.69) is 165 Å². The molecule has 2 atom stereocenters. The Morgan fingerprint density at radius 3 is 0.877 bits per heavy atom. The third kappa shape index (κ3) is 59.0. The van der Waals surface area contributed by atoms with Crippen LogP contribution in [0.5, 0.6) is 0 Å². The van der Waals surface area contributed by atoms with Crippen LogP contribution in [0.2, 0.25) is 0 Å². The summed E-state index contributed by atoms with van der Waals surface area (Å²) in [6, 6.07) is -0.572. The molecule has 0 radical (unpaired) electrons. The lowest BCUT2D eigenvalue weighted by Crippen LogP contribution is -2.45. The van der Waals surface area contributed by atoms with Crippen LogP contribution in [0.15, 0.2) is 146 Å². The molecule has 0 fully saturated rings. The lowest BCUT2D eigenvalue weighted by Gasteiger charge is -2.22. The van der Waals surface area contributed by atoms with Crippen molar-refractivity contribution < 1.29 is 15.0 Å². The Labute approximate surface area is 453 Å². The molecular formula is C69H115NO3. The highest BCUT2D eigenvalue weighted by molar-refractivity contribution is 5.76. The maximum atomic E-state index is 12.5. The number of aliphatic hydroxyl groups excluding tert-OH is 2.